The highest BCUT2D eigenvalue weighted by atomic mass is 32.2. The van der Waals surface area contributed by atoms with Crippen LogP contribution in [0.5, 0.6) is 0 Å². The lowest BCUT2D eigenvalue weighted by molar-refractivity contribution is 0.580. The fourth-order valence-corrected chi connectivity index (χ4v) is 2.57. The molecule has 2 aromatic carbocycles. The molecule has 1 nitrogen and oxygen atoms in total. The van der Waals surface area contributed by atoms with Gasteiger partial charge in [-0.2, -0.15) is 0 Å². The molecule has 0 saturated heterocycles. The van der Waals surface area contributed by atoms with Gasteiger partial charge in [0.2, 0.25) is 0 Å². The number of anilines is 1. The summed E-state index contributed by atoms with van der Waals surface area (Å²) in [6.45, 7) is 4.07. The maximum absolute atomic E-state index is 13.1. The topological polar surface area (TPSA) is 12.0 Å². The summed E-state index contributed by atoms with van der Waals surface area (Å²) in [5.41, 5.74) is 1.52. The van der Waals surface area contributed by atoms with Gasteiger partial charge >= 0.3 is 0 Å². The normalized spacial score (nSPS) is 10.3. The van der Waals surface area contributed by atoms with Gasteiger partial charge in [-0.05, 0) is 29.8 Å². The highest BCUT2D eigenvalue weighted by Gasteiger charge is 2.03. The third kappa shape index (κ3) is 4.10. The van der Waals surface area contributed by atoms with Crippen molar-refractivity contribution in [1.29, 1.82) is 0 Å². The first-order valence-electron chi connectivity index (χ1n) is 6.20. The number of nitrogens with one attached hydrogen (secondary N) is 1. The second kappa shape index (κ2) is 7.10. The van der Waals surface area contributed by atoms with Crippen LogP contribution in [0.2, 0.25) is 0 Å². The molecule has 2 rings (SSSR count). The fourth-order valence-electron chi connectivity index (χ4n) is 1.80. The van der Waals surface area contributed by atoms with Gasteiger partial charge in [-0.15, -0.1) is 18.3 Å². The zero-order valence-corrected chi connectivity index (χ0v) is 11.7. The van der Waals surface area contributed by atoms with Gasteiger partial charge in [0.15, 0.2) is 0 Å². The number of para-hydroxylation sites is 1. The Labute approximate surface area is 121 Å². The van der Waals surface area contributed by atoms with Crippen molar-refractivity contribution in [3.63, 3.8) is 0 Å². The van der Waals surface area contributed by atoms with Gasteiger partial charge < -0.3 is 5.32 Å². The number of halogens is 2. The van der Waals surface area contributed by atoms with Crippen LogP contribution in [-0.4, -0.2) is 5.75 Å². The Bertz CT molecular complexity index is 579. The van der Waals surface area contributed by atoms with E-state index in [0.29, 0.717) is 12.1 Å². The predicted octanol–water partition coefficient (Wildman–Crippen LogP) is 4.86. The summed E-state index contributed by atoms with van der Waals surface area (Å²) in [5.74, 6) is -0.306. The maximum atomic E-state index is 13.1. The van der Waals surface area contributed by atoms with Crippen molar-refractivity contribution in [1.82, 2.24) is 0 Å². The predicted molar refractivity (Wildman–Crippen MR) is 81.0 cm³/mol. The molecule has 0 aliphatic carbocycles. The van der Waals surface area contributed by atoms with Gasteiger partial charge in [0.1, 0.15) is 11.6 Å². The van der Waals surface area contributed by atoms with Crippen LogP contribution in [0, 0.1) is 11.6 Å². The summed E-state index contributed by atoms with van der Waals surface area (Å²) >= 11 is 1.66. The van der Waals surface area contributed by atoms with Crippen molar-refractivity contribution in [2.75, 3.05) is 11.1 Å². The molecule has 0 amide bonds. The molecule has 0 aliphatic heterocycles. The van der Waals surface area contributed by atoms with E-state index in [2.05, 4.69) is 11.9 Å². The molecule has 0 bridgehead atoms. The summed E-state index contributed by atoms with van der Waals surface area (Å²) in [4.78, 5) is 1.09. The van der Waals surface area contributed by atoms with Crippen LogP contribution < -0.4 is 5.32 Å². The molecule has 0 atom stereocenters. The van der Waals surface area contributed by atoms with Crippen LogP contribution in [0.1, 0.15) is 5.56 Å². The molecule has 4 heteroatoms. The molecule has 0 aliphatic rings. The Hall–Kier alpha value is -1.81. The van der Waals surface area contributed by atoms with Gasteiger partial charge in [0.25, 0.3) is 0 Å². The lowest BCUT2D eigenvalue weighted by atomic mass is 10.2. The second-order valence-electron chi connectivity index (χ2n) is 4.23. The molecule has 0 unspecified atom stereocenters. The molecule has 1 N–H and O–H groups in total. The van der Waals surface area contributed by atoms with Crippen LogP contribution in [0.3, 0.4) is 0 Å². The average Bonchev–Trinajstić information content (AvgIpc) is 2.43. The van der Waals surface area contributed by atoms with E-state index in [1.54, 1.807) is 11.8 Å². The zero-order chi connectivity index (χ0) is 14.4. The third-order valence-corrected chi connectivity index (χ3v) is 3.72. The summed E-state index contributed by atoms with van der Waals surface area (Å²) in [6, 6.07) is 11.4. The van der Waals surface area contributed by atoms with Crippen LogP contribution in [0.15, 0.2) is 60.0 Å². The van der Waals surface area contributed by atoms with E-state index in [1.807, 2.05) is 30.3 Å². The minimum Gasteiger partial charge on any atom is -0.380 e. The molecule has 104 valence electrons. The van der Waals surface area contributed by atoms with E-state index >= 15 is 0 Å². The standard InChI is InChI=1S/C16H15F2NS/c1-2-7-20-16-6-4-3-5-15(16)19-11-12-8-13(17)10-14(18)9-12/h2-6,8-10,19H,1,7,11H2. The van der Waals surface area contributed by atoms with Crippen LogP contribution in [-0.2, 0) is 6.54 Å². The first-order valence-corrected chi connectivity index (χ1v) is 7.19. The smallest absolute Gasteiger partial charge is 0.126 e. The minimum atomic E-state index is -0.559. The molecule has 0 fully saturated rings. The molecule has 20 heavy (non-hydrogen) atoms. The number of benzene rings is 2. The van der Waals surface area contributed by atoms with Gasteiger partial charge in [-0.25, -0.2) is 8.78 Å². The lowest BCUT2D eigenvalue weighted by Gasteiger charge is -2.11. The largest absolute Gasteiger partial charge is 0.380 e. The first kappa shape index (κ1) is 14.6. The molecular weight excluding hydrogens is 276 g/mol. The minimum absolute atomic E-state index is 0.375. The monoisotopic (exact) mass is 291 g/mol. The maximum Gasteiger partial charge on any atom is 0.126 e. The summed E-state index contributed by atoms with van der Waals surface area (Å²) in [7, 11) is 0. The van der Waals surface area contributed by atoms with Crippen LogP contribution in [0.25, 0.3) is 0 Å². The molecular formula is C16H15F2NS. The first-order chi connectivity index (χ1) is 9.69. The second-order valence-corrected chi connectivity index (χ2v) is 5.29. The van der Waals surface area contributed by atoms with E-state index in [0.717, 1.165) is 22.4 Å². The van der Waals surface area contributed by atoms with E-state index in [1.165, 1.54) is 12.1 Å². The van der Waals surface area contributed by atoms with Gasteiger partial charge in [0, 0.05) is 28.9 Å². The van der Waals surface area contributed by atoms with Gasteiger partial charge in [-0.1, -0.05) is 18.2 Å². The number of hydrogen-bond acceptors (Lipinski definition) is 2. The van der Waals surface area contributed by atoms with Gasteiger partial charge in [0.05, 0.1) is 0 Å². The van der Waals surface area contributed by atoms with E-state index < -0.39 is 11.6 Å². The molecule has 0 spiro atoms. The Morgan fingerprint density at radius 3 is 2.50 bits per heavy atom. The van der Waals surface area contributed by atoms with Crippen molar-refractivity contribution in [3.8, 4) is 0 Å². The van der Waals surface area contributed by atoms with Crippen molar-refractivity contribution in [3.05, 3.63) is 72.3 Å². The summed E-state index contributed by atoms with van der Waals surface area (Å²) in [6.07, 6.45) is 1.84. The fraction of sp³-hybridized carbons (Fsp3) is 0.125. The molecule has 2 aromatic rings. The van der Waals surface area contributed by atoms with E-state index in [9.17, 15) is 8.78 Å². The van der Waals surface area contributed by atoms with E-state index in [-0.39, 0.29) is 0 Å². The number of rotatable bonds is 6. The van der Waals surface area contributed by atoms with E-state index in [4.69, 9.17) is 0 Å². The summed E-state index contributed by atoms with van der Waals surface area (Å²) in [5, 5.41) is 3.20. The Balaban J connectivity index is 2.08. The van der Waals surface area contributed by atoms with Crippen molar-refractivity contribution in [2.24, 2.45) is 0 Å². The Morgan fingerprint density at radius 2 is 1.80 bits per heavy atom. The highest BCUT2D eigenvalue weighted by Crippen LogP contribution is 2.27. The number of hydrogen-bond donors (Lipinski definition) is 1. The van der Waals surface area contributed by atoms with Crippen LogP contribution >= 0.6 is 11.8 Å². The van der Waals surface area contributed by atoms with Crippen LogP contribution in [0.4, 0.5) is 14.5 Å². The highest BCUT2D eigenvalue weighted by molar-refractivity contribution is 7.99. The quantitative estimate of drug-likeness (QED) is 0.603. The SMILES string of the molecule is C=CCSc1ccccc1NCc1cc(F)cc(F)c1. The molecule has 0 radical (unpaired) electrons. The van der Waals surface area contributed by atoms with Gasteiger partial charge in [-0.3, -0.25) is 0 Å². The zero-order valence-electron chi connectivity index (χ0n) is 10.9. The summed E-state index contributed by atoms with van der Waals surface area (Å²) < 4.78 is 26.2. The lowest BCUT2D eigenvalue weighted by Crippen LogP contribution is -2.01. The third-order valence-electron chi connectivity index (χ3n) is 2.65. The Kier molecular flexibility index (Phi) is 5.18. The average molecular weight is 291 g/mol. The van der Waals surface area contributed by atoms with Crippen molar-refractivity contribution >= 4 is 17.4 Å². The molecule has 0 heterocycles. The molecule has 0 saturated carbocycles. The van der Waals surface area contributed by atoms with Crippen molar-refractivity contribution < 1.29 is 8.78 Å². The Morgan fingerprint density at radius 1 is 1.10 bits per heavy atom. The van der Waals surface area contributed by atoms with Crippen molar-refractivity contribution in [2.45, 2.75) is 11.4 Å². The molecule has 0 aromatic heterocycles. The number of thioether (sulfide) groups is 1.